The number of hydrogen-bond acceptors (Lipinski definition) is 5. The molecular weight excluding hydrogens is 406 g/mol. The van der Waals surface area contributed by atoms with Crippen molar-refractivity contribution in [2.75, 3.05) is 4.90 Å². The number of fused-ring (bicyclic) bond motifs is 1. The molecule has 0 saturated carbocycles. The number of benzene rings is 2. The molecule has 0 atom stereocenters. The molecule has 4 nitrogen and oxygen atoms in total. The van der Waals surface area contributed by atoms with Crippen LogP contribution in [0.2, 0.25) is 0 Å². The molecule has 3 heterocycles. The average molecular weight is 420 g/mol. The van der Waals surface area contributed by atoms with Gasteiger partial charge < -0.3 is 0 Å². The van der Waals surface area contributed by atoms with E-state index in [-0.39, 0.29) is 5.91 Å². The van der Waals surface area contributed by atoms with Crippen molar-refractivity contribution in [2.24, 2.45) is 0 Å². The Hall–Kier alpha value is -2.74. The molecule has 0 bridgehead atoms. The van der Waals surface area contributed by atoms with Gasteiger partial charge in [-0.05, 0) is 18.2 Å². The second-order valence-electron chi connectivity index (χ2n) is 6.12. The van der Waals surface area contributed by atoms with E-state index in [4.69, 9.17) is 17.2 Å². The molecule has 2 aromatic heterocycles. The zero-order valence-electron chi connectivity index (χ0n) is 14.5. The minimum Gasteiger partial charge on any atom is -0.290 e. The van der Waals surface area contributed by atoms with Crippen LogP contribution in [-0.4, -0.2) is 19.6 Å². The number of anilines is 1. The lowest BCUT2D eigenvalue weighted by molar-refractivity contribution is -0.113. The lowest BCUT2D eigenvalue weighted by atomic mass is 10.1. The van der Waals surface area contributed by atoms with Gasteiger partial charge in [0.1, 0.15) is 0 Å². The zero-order valence-corrected chi connectivity index (χ0v) is 16.9. The molecule has 0 radical (unpaired) electrons. The summed E-state index contributed by atoms with van der Waals surface area (Å²) in [5, 5.41) is 1.99. The van der Waals surface area contributed by atoms with Gasteiger partial charge in [0.2, 0.25) is 0 Å². The van der Waals surface area contributed by atoms with E-state index in [0.29, 0.717) is 9.23 Å². The van der Waals surface area contributed by atoms with Crippen LogP contribution in [0.3, 0.4) is 0 Å². The van der Waals surface area contributed by atoms with Crippen LogP contribution in [0.15, 0.2) is 77.1 Å². The minimum absolute atomic E-state index is 0.106. The van der Waals surface area contributed by atoms with Crippen molar-refractivity contribution < 1.29 is 4.79 Å². The molecule has 1 aliphatic heterocycles. The Labute approximate surface area is 175 Å². The highest BCUT2D eigenvalue weighted by Crippen LogP contribution is 2.37. The number of aromatic nitrogens is 2. The fraction of sp³-hybridized carbons (Fsp3) is 0. The maximum atomic E-state index is 13.1. The predicted molar refractivity (Wildman–Crippen MR) is 121 cm³/mol. The summed E-state index contributed by atoms with van der Waals surface area (Å²) in [6, 6.07) is 19.5. The van der Waals surface area contributed by atoms with E-state index in [1.807, 2.05) is 82.7 Å². The largest absolute Gasteiger partial charge is 0.290 e. The molecule has 2 aromatic carbocycles. The van der Waals surface area contributed by atoms with Crippen molar-refractivity contribution in [3.8, 4) is 11.3 Å². The number of thiazole rings is 1. The van der Waals surface area contributed by atoms with E-state index in [1.165, 1.54) is 11.8 Å². The molecule has 1 amide bonds. The van der Waals surface area contributed by atoms with Crippen LogP contribution < -0.4 is 4.90 Å². The minimum atomic E-state index is -0.106. The van der Waals surface area contributed by atoms with Crippen molar-refractivity contribution in [2.45, 2.75) is 0 Å². The Morgan fingerprint density at radius 3 is 2.46 bits per heavy atom. The van der Waals surface area contributed by atoms with Gasteiger partial charge >= 0.3 is 0 Å². The average Bonchev–Trinajstić information content (AvgIpc) is 3.38. The molecule has 4 aromatic rings. The molecule has 5 rings (SSSR count). The van der Waals surface area contributed by atoms with Crippen molar-refractivity contribution in [3.63, 3.8) is 0 Å². The summed E-state index contributed by atoms with van der Waals surface area (Å²) in [7, 11) is 0. The third-order valence-electron chi connectivity index (χ3n) is 4.42. The number of thioether (sulfide) groups is 1. The first-order valence-corrected chi connectivity index (χ1v) is 10.7. The van der Waals surface area contributed by atoms with Crippen molar-refractivity contribution in [3.05, 3.63) is 82.8 Å². The Kier molecular flexibility index (Phi) is 4.35. The number of para-hydroxylation sites is 1. The van der Waals surface area contributed by atoms with E-state index >= 15 is 0 Å². The standard InChI is InChI=1S/C21H13N3OS3/c25-19-17(28-21(26)24(19)15-9-5-2-6-10-15)13-16-18(14-7-3-1-4-8-14)22-20-23(16)11-12-27-20/h1-13H/b17-13-. The molecule has 7 heteroatoms. The lowest BCUT2D eigenvalue weighted by Gasteiger charge is -2.13. The fourth-order valence-electron chi connectivity index (χ4n) is 3.14. The first kappa shape index (κ1) is 17.4. The van der Waals surface area contributed by atoms with Crippen LogP contribution in [0, 0.1) is 0 Å². The van der Waals surface area contributed by atoms with Gasteiger partial charge in [0.25, 0.3) is 5.91 Å². The molecule has 1 fully saturated rings. The first-order valence-electron chi connectivity index (χ1n) is 8.56. The van der Waals surface area contributed by atoms with Crippen LogP contribution in [0.1, 0.15) is 5.69 Å². The maximum absolute atomic E-state index is 13.1. The normalized spacial score (nSPS) is 15.9. The summed E-state index contributed by atoms with van der Waals surface area (Å²) >= 11 is 8.37. The number of carbonyl (C=O) groups excluding carboxylic acids is 1. The summed E-state index contributed by atoms with van der Waals surface area (Å²) < 4.78 is 2.55. The summed E-state index contributed by atoms with van der Waals surface area (Å²) in [6.45, 7) is 0. The van der Waals surface area contributed by atoms with Crippen molar-refractivity contribution in [1.82, 2.24) is 9.38 Å². The molecule has 0 unspecified atom stereocenters. The van der Waals surface area contributed by atoms with E-state index in [9.17, 15) is 4.79 Å². The molecular formula is C21H13N3OS3. The van der Waals surface area contributed by atoms with Crippen LogP contribution in [0.4, 0.5) is 5.69 Å². The van der Waals surface area contributed by atoms with E-state index in [0.717, 1.165) is 27.6 Å². The first-order chi connectivity index (χ1) is 13.7. The zero-order chi connectivity index (χ0) is 19.1. The summed E-state index contributed by atoms with van der Waals surface area (Å²) in [6.07, 6.45) is 3.88. The Balaban J connectivity index is 1.62. The van der Waals surface area contributed by atoms with Crippen LogP contribution in [-0.2, 0) is 4.79 Å². The van der Waals surface area contributed by atoms with E-state index < -0.39 is 0 Å². The van der Waals surface area contributed by atoms with Gasteiger partial charge in [-0.25, -0.2) is 4.98 Å². The number of imidazole rings is 1. The highest BCUT2D eigenvalue weighted by atomic mass is 32.2. The highest BCUT2D eigenvalue weighted by molar-refractivity contribution is 8.27. The second-order valence-corrected chi connectivity index (χ2v) is 8.67. The summed E-state index contributed by atoms with van der Waals surface area (Å²) in [5.41, 5.74) is 3.54. The predicted octanol–water partition coefficient (Wildman–Crippen LogP) is 5.47. The second kappa shape index (κ2) is 7.01. The number of carbonyl (C=O) groups is 1. The van der Waals surface area contributed by atoms with Crippen LogP contribution in [0.25, 0.3) is 22.3 Å². The number of amides is 1. The van der Waals surface area contributed by atoms with E-state index in [2.05, 4.69) is 0 Å². The molecule has 1 aliphatic rings. The molecule has 1 saturated heterocycles. The SMILES string of the molecule is O=C1/C(=C/c2c(-c3ccccc3)nc3sccn23)SC(=S)N1c1ccccc1. The summed E-state index contributed by atoms with van der Waals surface area (Å²) in [5.74, 6) is -0.106. The molecule has 28 heavy (non-hydrogen) atoms. The van der Waals surface area contributed by atoms with Crippen molar-refractivity contribution >= 4 is 62.3 Å². The Bertz CT molecular complexity index is 1230. The van der Waals surface area contributed by atoms with Gasteiger partial charge in [-0.15, -0.1) is 11.3 Å². The number of thiocarbonyl (C=S) groups is 1. The smallest absolute Gasteiger partial charge is 0.270 e. The van der Waals surface area contributed by atoms with Gasteiger partial charge in [-0.3, -0.25) is 14.1 Å². The van der Waals surface area contributed by atoms with Gasteiger partial charge in [-0.1, -0.05) is 72.5 Å². The Morgan fingerprint density at radius 1 is 1.00 bits per heavy atom. The third-order valence-corrected chi connectivity index (χ3v) is 6.48. The van der Waals surface area contributed by atoms with Gasteiger partial charge in [0, 0.05) is 17.1 Å². The molecule has 0 N–H and O–H groups in total. The van der Waals surface area contributed by atoms with Crippen molar-refractivity contribution in [1.29, 1.82) is 0 Å². The van der Waals surface area contributed by atoms with Crippen LogP contribution in [0.5, 0.6) is 0 Å². The van der Waals surface area contributed by atoms with E-state index in [1.54, 1.807) is 16.2 Å². The molecule has 0 spiro atoms. The van der Waals surface area contributed by atoms with Gasteiger partial charge in [0.15, 0.2) is 9.28 Å². The summed E-state index contributed by atoms with van der Waals surface area (Å²) in [4.78, 5) is 20.9. The molecule has 136 valence electrons. The van der Waals surface area contributed by atoms with Gasteiger partial charge in [0.05, 0.1) is 22.0 Å². The molecule has 0 aliphatic carbocycles. The number of nitrogens with zero attached hydrogens (tertiary/aromatic N) is 3. The number of hydrogen-bond donors (Lipinski definition) is 0. The van der Waals surface area contributed by atoms with Gasteiger partial charge in [-0.2, -0.15) is 0 Å². The third kappa shape index (κ3) is 2.88. The fourth-order valence-corrected chi connectivity index (χ4v) is 5.14. The maximum Gasteiger partial charge on any atom is 0.270 e. The quantitative estimate of drug-likeness (QED) is 0.326. The van der Waals surface area contributed by atoms with Crippen LogP contribution >= 0.6 is 35.3 Å². The highest BCUT2D eigenvalue weighted by Gasteiger charge is 2.33. The Morgan fingerprint density at radius 2 is 1.71 bits per heavy atom. The number of rotatable bonds is 3. The lowest BCUT2D eigenvalue weighted by Crippen LogP contribution is -2.27. The monoisotopic (exact) mass is 419 g/mol. The topological polar surface area (TPSA) is 37.6 Å².